The van der Waals surface area contributed by atoms with Crippen molar-refractivity contribution in [3.8, 4) is 0 Å². The lowest BCUT2D eigenvalue weighted by atomic mass is 10.2. The van der Waals surface area contributed by atoms with Gasteiger partial charge in [0.25, 0.3) is 0 Å². The van der Waals surface area contributed by atoms with Crippen molar-refractivity contribution in [1.82, 2.24) is 0 Å². The summed E-state index contributed by atoms with van der Waals surface area (Å²) >= 11 is 0. The van der Waals surface area contributed by atoms with Gasteiger partial charge in [0.2, 0.25) is 8.32 Å². The van der Waals surface area contributed by atoms with Gasteiger partial charge in [0, 0.05) is 0 Å². The summed E-state index contributed by atoms with van der Waals surface area (Å²) in [5.74, 6) is 0. The Morgan fingerprint density at radius 2 is 1.64 bits per heavy atom. The van der Waals surface area contributed by atoms with Crippen LogP contribution in [0.3, 0.4) is 0 Å². The van der Waals surface area contributed by atoms with E-state index in [-0.39, 0.29) is 5.19 Å². The van der Waals surface area contributed by atoms with E-state index in [0.29, 0.717) is 0 Å². The van der Waals surface area contributed by atoms with Crippen LogP contribution in [-0.4, -0.2) is 13.1 Å². The first kappa shape index (κ1) is 11.3. The van der Waals surface area contributed by atoms with Crippen LogP contribution in [0.1, 0.15) is 5.56 Å². The smallest absolute Gasteiger partial charge is 0.416 e. The van der Waals surface area contributed by atoms with Crippen molar-refractivity contribution in [3.63, 3.8) is 0 Å². The van der Waals surface area contributed by atoms with Crippen LogP contribution in [0.2, 0.25) is 13.1 Å². The highest BCUT2D eigenvalue weighted by molar-refractivity contribution is 6.83. The lowest BCUT2D eigenvalue weighted by Gasteiger charge is -2.20. The van der Waals surface area contributed by atoms with Crippen LogP contribution in [0.5, 0.6) is 0 Å². The maximum atomic E-state index is 12.5. The fraction of sp³-hybridized carbons (Fsp3) is 0.333. The third-order valence-electron chi connectivity index (χ3n) is 1.89. The van der Waals surface area contributed by atoms with Crippen LogP contribution >= 0.6 is 0 Å². The van der Waals surface area contributed by atoms with E-state index < -0.39 is 20.1 Å². The molecule has 0 fully saturated rings. The van der Waals surface area contributed by atoms with Crippen LogP contribution in [0.4, 0.5) is 13.2 Å². The van der Waals surface area contributed by atoms with Crippen molar-refractivity contribution in [2.45, 2.75) is 19.3 Å². The van der Waals surface area contributed by atoms with Gasteiger partial charge < -0.3 is 4.80 Å². The van der Waals surface area contributed by atoms with Crippen LogP contribution < -0.4 is 5.19 Å². The molecule has 1 N–H and O–H groups in total. The van der Waals surface area contributed by atoms with Crippen LogP contribution in [0.25, 0.3) is 0 Å². The topological polar surface area (TPSA) is 20.2 Å². The number of hydrogen-bond donors (Lipinski definition) is 1. The van der Waals surface area contributed by atoms with Crippen LogP contribution in [0.15, 0.2) is 24.3 Å². The minimum atomic E-state index is -4.39. The highest BCUT2D eigenvalue weighted by Gasteiger charge is 2.37. The van der Waals surface area contributed by atoms with Crippen molar-refractivity contribution in [2.75, 3.05) is 0 Å². The molecule has 1 aromatic rings. The molecule has 0 aliphatic heterocycles. The first-order valence-corrected chi connectivity index (χ1v) is 7.07. The lowest BCUT2D eigenvalue weighted by molar-refractivity contribution is -0.136. The molecule has 0 aromatic heterocycles. The Balaban J connectivity index is 3.31. The predicted octanol–water partition coefficient (Wildman–Crippen LogP) is 2.11. The number of alkyl halides is 3. The molecule has 0 saturated heterocycles. The maximum Gasteiger partial charge on any atom is 0.416 e. The van der Waals surface area contributed by atoms with Gasteiger partial charge in [-0.25, -0.2) is 0 Å². The largest absolute Gasteiger partial charge is 0.428 e. The highest BCUT2D eigenvalue weighted by atomic mass is 28.4. The molecule has 1 rings (SSSR count). The lowest BCUT2D eigenvalue weighted by Crippen LogP contribution is -2.45. The molecule has 0 radical (unpaired) electrons. The Bertz CT molecular complexity index is 295. The van der Waals surface area contributed by atoms with Gasteiger partial charge in [-0.15, -0.1) is 0 Å². The van der Waals surface area contributed by atoms with Gasteiger partial charge in [-0.1, -0.05) is 24.3 Å². The molecule has 78 valence electrons. The molecule has 0 saturated carbocycles. The van der Waals surface area contributed by atoms with E-state index in [0.717, 1.165) is 6.07 Å². The van der Waals surface area contributed by atoms with Gasteiger partial charge in [-0.05, 0) is 18.3 Å². The van der Waals surface area contributed by atoms with E-state index in [1.807, 2.05) is 0 Å². The van der Waals surface area contributed by atoms with Crippen LogP contribution in [-0.2, 0) is 6.18 Å². The first-order chi connectivity index (χ1) is 6.23. The molecule has 0 unspecified atom stereocenters. The summed E-state index contributed by atoms with van der Waals surface area (Å²) in [5.41, 5.74) is -0.723. The van der Waals surface area contributed by atoms with Crippen molar-refractivity contribution in [1.29, 1.82) is 0 Å². The van der Waals surface area contributed by atoms with Crippen molar-refractivity contribution in [3.05, 3.63) is 29.8 Å². The van der Waals surface area contributed by atoms with Gasteiger partial charge in [-0.3, -0.25) is 0 Å². The van der Waals surface area contributed by atoms with E-state index in [2.05, 4.69) is 0 Å². The molecular formula is C9H11F3OSi. The standard InChI is InChI=1S/C9H11F3OSi/c1-14(2,13)8-6-4-3-5-7(8)9(10,11)12/h3-6,13H,1-2H3. The van der Waals surface area contributed by atoms with E-state index in [4.69, 9.17) is 0 Å². The van der Waals surface area contributed by atoms with Crippen LogP contribution in [0, 0.1) is 0 Å². The summed E-state index contributed by atoms with van der Waals surface area (Å²) in [4.78, 5) is 9.67. The Hall–Kier alpha value is -0.813. The van der Waals surface area contributed by atoms with Gasteiger partial charge in [-0.2, -0.15) is 13.2 Å². The second-order valence-electron chi connectivity index (χ2n) is 3.60. The molecular weight excluding hydrogens is 209 g/mol. The van der Waals surface area contributed by atoms with Gasteiger partial charge >= 0.3 is 6.18 Å². The summed E-state index contributed by atoms with van der Waals surface area (Å²) in [6, 6.07) is 5.18. The summed E-state index contributed by atoms with van der Waals surface area (Å²) in [6.07, 6.45) is -4.39. The zero-order valence-corrected chi connectivity index (χ0v) is 8.89. The normalized spacial score (nSPS) is 13.0. The molecule has 0 spiro atoms. The minimum Gasteiger partial charge on any atom is -0.428 e. The second-order valence-corrected chi connectivity index (χ2v) is 7.26. The van der Waals surface area contributed by atoms with Crippen molar-refractivity contribution in [2.24, 2.45) is 0 Å². The third kappa shape index (κ3) is 2.36. The molecule has 0 aliphatic carbocycles. The molecule has 0 amide bonds. The molecule has 0 heterocycles. The van der Waals surface area contributed by atoms with E-state index >= 15 is 0 Å². The number of benzene rings is 1. The first-order valence-electron chi connectivity index (χ1n) is 4.12. The average Bonchev–Trinajstić information content (AvgIpc) is 2.01. The molecule has 1 nitrogen and oxygen atoms in total. The van der Waals surface area contributed by atoms with Gasteiger partial charge in [0.15, 0.2) is 0 Å². The number of rotatable bonds is 1. The maximum absolute atomic E-state index is 12.5. The highest BCUT2D eigenvalue weighted by Crippen LogP contribution is 2.28. The zero-order chi connectivity index (χ0) is 11.0. The quantitative estimate of drug-likeness (QED) is 0.719. The number of hydrogen-bond acceptors (Lipinski definition) is 1. The minimum absolute atomic E-state index is 0.0347. The summed E-state index contributed by atoms with van der Waals surface area (Å²) in [6.45, 7) is 2.94. The van der Waals surface area contributed by atoms with Gasteiger partial charge in [0.05, 0.1) is 5.56 Å². The molecule has 0 aliphatic rings. The average molecular weight is 220 g/mol. The van der Waals surface area contributed by atoms with Crippen molar-refractivity contribution < 1.29 is 18.0 Å². The summed E-state index contributed by atoms with van der Waals surface area (Å²) in [5, 5.41) is 0.0347. The fourth-order valence-electron chi connectivity index (χ4n) is 1.26. The second kappa shape index (κ2) is 3.40. The van der Waals surface area contributed by atoms with E-state index in [1.165, 1.54) is 31.3 Å². The van der Waals surface area contributed by atoms with E-state index in [1.54, 1.807) is 0 Å². The number of halogens is 3. The Morgan fingerprint density at radius 3 is 2.00 bits per heavy atom. The molecule has 14 heavy (non-hydrogen) atoms. The van der Waals surface area contributed by atoms with Gasteiger partial charge in [0.1, 0.15) is 0 Å². The fourth-order valence-corrected chi connectivity index (χ4v) is 2.65. The molecule has 0 atom stereocenters. The van der Waals surface area contributed by atoms with E-state index in [9.17, 15) is 18.0 Å². The SMILES string of the molecule is C[Si](C)(O)c1ccccc1C(F)(F)F. The molecule has 0 bridgehead atoms. The Kier molecular flexibility index (Phi) is 2.73. The summed E-state index contributed by atoms with van der Waals surface area (Å²) < 4.78 is 37.5. The molecule has 5 heteroatoms. The molecule has 1 aromatic carbocycles. The predicted molar refractivity (Wildman–Crippen MR) is 50.8 cm³/mol. The Labute approximate surface area is 81.3 Å². The Morgan fingerprint density at radius 1 is 1.14 bits per heavy atom. The summed E-state index contributed by atoms with van der Waals surface area (Å²) in [7, 11) is -2.91. The van der Waals surface area contributed by atoms with Crippen molar-refractivity contribution >= 4 is 13.5 Å². The zero-order valence-electron chi connectivity index (χ0n) is 7.89. The monoisotopic (exact) mass is 220 g/mol. The third-order valence-corrected chi connectivity index (χ3v) is 3.65.